The zero-order chi connectivity index (χ0) is 18.2. The Labute approximate surface area is 158 Å². The molecule has 2 fully saturated rings. The van der Waals surface area contributed by atoms with Crippen LogP contribution in [0.25, 0.3) is 0 Å². The lowest BCUT2D eigenvalue weighted by atomic mass is 9.84. The quantitative estimate of drug-likeness (QED) is 0.811. The van der Waals surface area contributed by atoms with Crippen LogP contribution in [0.4, 0.5) is 0 Å². The maximum atomic E-state index is 13.2. The third-order valence-electron chi connectivity index (χ3n) is 6.07. The number of amides is 1. The first kappa shape index (κ1) is 19.4. The Kier molecular flexibility index (Phi) is 7.51. The second-order valence-corrected chi connectivity index (χ2v) is 8.08. The van der Waals surface area contributed by atoms with Gasteiger partial charge >= 0.3 is 0 Å². The minimum Gasteiger partial charge on any atom is -0.381 e. The first-order chi connectivity index (χ1) is 12.7. The van der Waals surface area contributed by atoms with Crippen molar-refractivity contribution in [3.63, 3.8) is 0 Å². The maximum absolute atomic E-state index is 13.2. The van der Waals surface area contributed by atoms with Gasteiger partial charge in [-0.25, -0.2) is 0 Å². The van der Waals surface area contributed by atoms with Gasteiger partial charge in [-0.1, -0.05) is 37.3 Å². The highest BCUT2D eigenvalue weighted by Crippen LogP contribution is 2.26. The van der Waals surface area contributed by atoms with Crippen molar-refractivity contribution in [3.05, 3.63) is 35.9 Å². The second-order valence-electron chi connectivity index (χ2n) is 8.08. The molecule has 2 aliphatic heterocycles. The zero-order valence-electron chi connectivity index (χ0n) is 16.2. The predicted molar refractivity (Wildman–Crippen MR) is 105 cm³/mol. The van der Waals surface area contributed by atoms with Crippen molar-refractivity contribution in [2.45, 2.75) is 45.6 Å². The summed E-state index contributed by atoms with van der Waals surface area (Å²) >= 11 is 0. The fraction of sp³-hybridized carbons (Fsp3) is 0.682. The first-order valence-corrected chi connectivity index (χ1v) is 10.3. The molecule has 0 saturated carbocycles. The van der Waals surface area contributed by atoms with Gasteiger partial charge in [0.1, 0.15) is 0 Å². The first-order valence-electron chi connectivity index (χ1n) is 10.3. The molecule has 0 bridgehead atoms. The smallest absolute Gasteiger partial charge is 0.223 e. The van der Waals surface area contributed by atoms with Crippen LogP contribution in [0, 0.1) is 17.8 Å². The number of hydrogen-bond acceptors (Lipinski definition) is 3. The van der Waals surface area contributed by atoms with E-state index in [1.54, 1.807) is 0 Å². The Hall–Kier alpha value is -1.39. The molecule has 4 nitrogen and oxygen atoms in total. The van der Waals surface area contributed by atoms with Gasteiger partial charge in [0.25, 0.3) is 0 Å². The average molecular weight is 359 g/mol. The Morgan fingerprint density at radius 2 is 1.85 bits per heavy atom. The van der Waals surface area contributed by atoms with Crippen LogP contribution in [0.2, 0.25) is 0 Å². The van der Waals surface area contributed by atoms with Gasteiger partial charge in [0.15, 0.2) is 0 Å². The zero-order valence-corrected chi connectivity index (χ0v) is 16.2. The van der Waals surface area contributed by atoms with Crippen LogP contribution in [0.3, 0.4) is 0 Å². The van der Waals surface area contributed by atoms with Gasteiger partial charge in [0.2, 0.25) is 5.91 Å². The van der Waals surface area contributed by atoms with Crippen molar-refractivity contribution in [1.82, 2.24) is 10.2 Å². The van der Waals surface area contributed by atoms with Gasteiger partial charge in [-0.2, -0.15) is 0 Å². The molecule has 26 heavy (non-hydrogen) atoms. The molecule has 1 aromatic rings. The molecule has 2 heterocycles. The number of piperidine rings is 1. The summed E-state index contributed by atoms with van der Waals surface area (Å²) in [6.45, 7) is 7.74. The van der Waals surface area contributed by atoms with Crippen molar-refractivity contribution in [2.75, 3.05) is 32.8 Å². The lowest BCUT2D eigenvalue weighted by molar-refractivity contribution is -0.134. The van der Waals surface area contributed by atoms with Crippen LogP contribution in [-0.4, -0.2) is 43.7 Å². The van der Waals surface area contributed by atoms with Crippen LogP contribution in [-0.2, 0) is 16.1 Å². The summed E-state index contributed by atoms with van der Waals surface area (Å²) in [5, 5.41) is 3.43. The molecule has 2 aliphatic rings. The number of nitrogens with zero attached hydrogens (tertiary/aromatic N) is 1. The second kappa shape index (κ2) is 10.1. The summed E-state index contributed by atoms with van der Waals surface area (Å²) in [5.41, 5.74) is 1.22. The number of nitrogens with one attached hydrogen (secondary N) is 1. The normalized spacial score (nSPS) is 20.7. The minimum atomic E-state index is 0.325. The predicted octanol–water partition coefficient (Wildman–Crippen LogP) is 3.47. The lowest BCUT2D eigenvalue weighted by Gasteiger charge is -2.33. The van der Waals surface area contributed by atoms with Crippen LogP contribution >= 0.6 is 0 Å². The fourth-order valence-electron chi connectivity index (χ4n) is 4.28. The molecule has 1 aromatic carbocycles. The van der Waals surface area contributed by atoms with Crippen molar-refractivity contribution in [2.24, 2.45) is 17.8 Å². The molecule has 1 unspecified atom stereocenters. The number of hydrogen-bond donors (Lipinski definition) is 1. The molecule has 0 spiro atoms. The fourth-order valence-corrected chi connectivity index (χ4v) is 4.28. The topological polar surface area (TPSA) is 41.6 Å². The Bertz CT molecular complexity index is 536. The van der Waals surface area contributed by atoms with E-state index in [0.717, 1.165) is 52.2 Å². The highest BCUT2D eigenvalue weighted by molar-refractivity contribution is 5.76. The standard InChI is InChI=1S/C22H34N2O2/c1-18(21-7-11-23-12-8-21)15-22(25)24(16-19-5-3-2-4-6-19)17-20-9-13-26-14-10-20/h2-6,18,20-21,23H,7-17H2,1H3. The highest BCUT2D eigenvalue weighted by Gasteiger charge is 2.26. The van der Waals surface area contributed by atoms with E-state index in [2.05, 4.69) is 41.4 Å². The van der Waals surface area contributed by atoms with E-state index >= 15 is 0 Å². The summed E-state index contributed by atoms with van der Waals surface area (Å²) in [6.07, 6.45) is 5.23. The van der Waals surface area contributed by atoms with Crippen molar-refractivity contribution >= 4 is 5.91 Å². The molecule has 1 amide bonds. The van der Waals surface area contributed by atoms with Crippen molar-refractivity contribution < 1.29 is 9.53 Å². The summed E-state index contributed by atoms with van der Waals surface area (Å²) < 4.78 is 5.49. The molecule has 0 aromatic heterocycles. The van der Waals surface area contributed by atoms with Gasteiger partial charge in [-0.05, 0) is 62.1 Å². The molecule has 0 aliphatic carbocycles. The summed E-state index contributed by atoms with van der Waals surface area (Å²) in [4.78, 5) is 15.3. The summed E-state index contributed by atoms with van der Waals surface area (Å²) in [6, 6.07) is 10.4. The summed E-state index contributed by atoms with van der Waals surface area (Å²) in [5.74, 6) is 2.05. The molecule has 2 saturated heterocycles. The van der Waals surface area contributed by atoms with E-state index in [9.17, 15) is 4.79 Å². The number of benzene rings is 1. The molecule has 4 heteroatoms. The van der Waals surface area contributed by atoms with E-state index in [0.29, 0.717) is 30.1 Å². The van der Waals surface area contributed by atoms with Gasteiger partial charge in [-0.3, -0.25) is 4.79 Å². The minimum absolute atomic E-state index is 0.325. The average Bonchev–Trinajstić information content (AvgIpc) is 2.69. The molecular formula is C22H34N2O2. The Morgan fingerprint density at radius 1 is 1.15 bits per heavy atom. The van der Waals surface area contributed by atoms with Crippen LogP contribution in [0.15, 0.2) is 30.3 Å². The number of carbonyl (C=O) groups is 1. The van der Waals surface area contributed by atoms with Crippen molar-refractivity contribution in [3.8, 4) is 0 Å². The molecule has 3 rings (SSSR count). The van der Waals surface area contributed by atoms with Gasteiger partial charge in [-0.15, -0.1) is 0 Å². The van der Waals surface area contributed by atoms with Crippen LogP contribution < -0.4 is 5.32 Å². The molecular weight excluding hydrogens is 324 g/mol. The van der Waals surface area contributed by atoms with Crippen LogP contribution in [0.1, 0.15) is 44.6 Å². The van der Waals surface area contributed by atoms with E-state index in [4.69, 9.17) is 4.74 Å². The molecule has 1 N–H and O–H groups in total. The third-order valence-corrected chi connectivity index (χ3v) is 6.07. The summed E-state index contributed by atoms with van der Waals surface area (Å²) in [7, 11) is 0. The molecule has 0 radical (unpaired) electrons. The Morgan fingerprint density at radius 3 is 2.54 bits per heavy atom. The molecule has 1 atom stereocenters. The third kappa shape index (κ3) is 5.82. The largest absolute Gasteiger partial charge is 0.381 e. The van der Waals surface area contributed by atoms with E-state index < -0.39 is 0 Å². The maximum Gasteiger partial charge on any atom is 0.223 e. The van der Waals surface area contributed by atoms with Gasteiger partial charge in [0, 0.05) is 32.7 Å². The number of ether oxygens (including phenoxy) is 1. The van der Waals surface area contributed by atoms with Crippen LogP contribution in [0.5, 0.6) is 0 Å². The van der Waals surface area contributed by atoms with Gasteiger partial charge in [0.05, 0.1) is 0 Å². The van der Waals surface area contributed by atoms with E-state index in [1.165, 1.54) is 18.4 Å². The monoisotopic (exact) mass is 358 g/mol. The number of rotatable bonds is 7. The SMILES string of the molecule is CC(CC(=O)N(Cc1ccccc1)CC1CCOCC1)C1CCNCC1. The van der Waals surface area contributed by atoms with Gasteiger partial charge < -0.3 is 15.0 Å². The van der Waals surface area contributed by atoms with Crippen molar-refractivity contribution in [1.29, 1.82) is 0 Å². The highest BCUT2D eigenvalue weighted by atomic mass is 16.5. The van der Waals surface area contributed by atoms with E-state index in [-0.39, 0.29) is 0 Å². The Balaban J connectivity index is 1.61. The number of carbonyl (C=O) groups excluding carboxylic acids is 1. The lowest BCUT2D eigenvalue weighted by Crippen LogP contribution is -2.39. The van der Waals surface area contributed by atoms with E-state index in [1.807, 2.05) is 6.07 Å². The molecule has 144 valence electrons.